The molecule has 4 aromatic rings. The summed E-state index contributed by atoms with van der Waals surface area (Å²) in [7, 11) is 0. The first-order valence-corrected chi connectivity index (χ1v) is 17.7. The molecule has 240 valence electrons. The molecule has 0 spiro atoms. The van der Waals surface area contributed by atoms with Crippen LogP contribution in [0.15, 0.2) is 72.8 Å². The van der Waals surface area contributed by atoms with Crippen molar-refractivity contribution < 1.29 is 28.3 Å². The van der Waals surface area contributed by atoms with Crippen LogP contribution in [-0.4, -0.2) is 50.2 Å². The maximum Gasteiger partial charge on any atom is 0.339 e. The van der Waals surface area contributed by atoms with Crippen molar-refractivity contribution in [3.63, 3.8) is 0 Å². The molecule has 7 nitrogen and oxygen atoms in total. The lowest BCUT2D eigenvalue weighted by atomic mass is 9.81. The molecule has 3 fully saturated rings. The summed E-state index contributed by atoms with van der Waals surface area (Å²) in [6.07, 6.45) is -0.244. The van der Waals surface area contributed by atoms with E-state index >= 15 is 0 Å². The van der Waals surface area contributed by atoms with Crippen LogP contribution < -0.4 is 4.90 Å². The standard InChI is InChI=1S/C36H28Br2ClFN2O5/c1-17-3-2-4-22-23(36(46)47-27(13-14-39)33(43)19-5-9-20(40)10-6-19)16-26(41-32(17)22)18-7-11-21(12-8-18)42-34(44)28-24-15-25(29(28)35(42)45)31(38)30(24)37/h2-12,16,24-25,27-31H,13-15H2,1H3. The third kappa shape index (κ3) is 5.42. The van der Waals surface area contributed by atoms with E-state index in [0.717, 1.165) is 12.0 Å². The number of pyridine rings is 1. The number of Topliss-reactive ketones (excluding diaryl/α,β-unsaturated/α-hetero) is 1. The largest absolute Gasteiger partial charge is 0.450 e. The summed E-state index contributed by atoms with van der Waals surface area (Å²) in [6.45, 7) is 1.88. The molecule has 11 heteroatoms. The van der Waals surface area contributed by atoms with Crippen LogP contribution >= 0.6 is 43.5 Å². The molecule has 7 rings (SSSR count). The lowest BCUT2D eigenvalue weighted by Gasteiger charge is -2.28. The molecule has 7 atom stereocenters. The van der Waals surface area contributed by atoms with Gasteiger partial charge in [0.1, 0.15) is 5.82 Å². The number of fused-ring (bicyclic) bond motifs is 6. The summed E-state index contributed by atoms with van der Waals surface area (Å²) >= 11 is 13.4. The lowest BCUT2D eigenvalue weighted by molar-refractivity contribution is -0.123. The van der Waals surface area contributed by atoms with Crippen LogP contribution in [0.25, 0.3) is 22.2 Å². The van der Waals surface area contributed by atoms with Crippen LogP contribution in [0.3, 0.4) is 0 Å². The highest BCUT2D eigenvalue weighted by molar-refractivity contribution is 9.12. The van der Waals surface area contributed by atoms with E-state index in [4.69, 9.17) is 21.3 Å². The zero-order chi connectivity index (χ0) is 33.1. The Morgan fingerprint density at radius 2 is 1.62 bits per heavy atom. The number of aryl methyl sites for hydroxylation is 1. The van der Waals surface area contributed by atoms with Gasteiger partial charge in [-0.3, -0.25) is 19.3 Å². The molecule has 1 saturated heterocycles. The number of hydrogen-bond donors (Lipinski definition) is 0. The predicted molar refractivity (Wildman–Crippen MR) is 184 cm³/mol. The first-order valence-electron chi connectivity index (χ1n) is 15.3. The van der Waals surface area contributed by atoms with Gasteiger partial charge in [0.05, 0.1) is 34.3 Å². The third-order valence-corrected chi connectivity index (χ3v) is 13.1. The Hall–Kier alpha value is -3.47. The van der Waals surface area contributed by atoms with Crippen molar-refractivity contribution in [2.45, 2.75) is 35.5 Å². The quantitative estimate of drug-likeness (QED) is 0.0789. The van der Waals surface area contributed by atoms with E-state index in [1.807, 2.05) is 19.1 Å². The average molecular weight is 783 g/mol. The zero-order valence-corrected chi connectivity index (χ0v) is 29.0. The number of carbonyl (C=O) groups excluding carboxylic acids is 4. The highest BCUT2D eigenvalue weighted by Crippen LogP contribution is 2.60. The number of anilines is 1. The average Bonchev–Trinajstić information content (AvgIpc) is 3.69. The summed E-state index contributed by atoms with van der Waals surface area (Å²) in [5.41, 5.74) is 3.47. The zero-order valence-electron chi connectivity index (χ0n) is 25.0. The van der Waals surface area contributed by atoms with Gasteiger partial charge in [0.15, 0.2) is 6.10 Å². The summed E-state index contributed by atoms with van der Waals surface area (Å²) in [4.78, 5) is 60.5. The van der Waals surface area contributed by atoms with Crippen LogP contribution in [0.4, 0.5) is 10.1 Å². The number of hydrogen-bond acceptors (Lipinski definition) is 6. The second-order valence-electron chi connectivity index (χ2n) is 12.3. The molecular formula is C36H28Br2ClFN2O5. The Morgan fingerprint density at radius 3 is 2.23 bits per heavy atom. The number of imide groups is 1. The van der Waals surface area contributed by atoms with Crippen molar-refractivity contribution >= 4 is 83.6 Å². The van der Waals surface area contributed by atoms with E-state index in [2.05, 4.69) is 31.9 Å². The molecule has 47 heavy (non-hydrogen) atoms. The van der Waals surface area contributed by atoms with Gasteiger partial charge >= 0.3 is 5.97 Å². The van der Waals surface area contributed by atoms with E-state index in [-0.39, 0.29) is 68.6 Å². The second-order valence-corrected chi connectivity index (χ2v) is 14.8. The molecule has 1 aliphatic heterocycles. The van der Waals surface area contributed by atoms with Crippen molar-refractivity contribution in [2.24, 2.45) is 23.7 Å². The second kappa shape index (κ2) is 12.5. The number of aromatic nitrogens is 1. The van der Waals surface area contributed by atoms with Crippen LogP contribution in [0.5, 0.6) is 0 Å². The van der Waals surface area contributed by atoms with Gasteiger partial charge in [-0.2, -0.15) is 0 Å². The number of benzene rings is 3. The fourth-order valence-corrected chi connectivity index (χ4v) is 9.50. The Balaban J connectivity index is 1.19. The number of rotatable bonds is 8. The van der Waals surface area contributed by atoms with Crippen LogP contribution in [0, 0.1) is 36.4 Å². The molecule has 0 N–H and O–H groups in total. The van der Waals surface area contributed by atoms with Crippen molar-refractivity contribution in [3.05, 3.63) is 95.3 Å². The molecule has 3 aromatic carbocycles. The highest BCUT2D eigenvalue weighted by Gasteiger charge is 2.66. The lowest BCUT2D eigenvalue weighted by Crippen LogP contribution is -2.37. The van der Waals surface area contributed by atoms with Gasteiger partial charge in [-0.1, -0.05) is 62.2 Å². The summed E-state index contributed by atoms with van der Waals surface area (Å²) in [5, 5.41) is 0.554. The smallest absolute Gasteiger partial charge is 0.339 e. The number of amides is 2. The number of ketones is 1. The highest BCUT2D eigenvalue weighted by atomic mass is 79.9. The van der Waals surface area contributed by atoms with Crippen LogP contribution in [0.2, 0.25) is 0 Å². The molecule has 3 aliphatic rings. The third-order valence-electron chi connectivity index (χ3n) is 9.71. The van der Waals surface area contributed by atoms with Crippen molar-refractivity contribution in [2.75, 3.05) is 10.8 Å². The normalized spacial score (nSPS) is 25.3. The molecule has 0 radical (unpaired) electrons. The van der Waals surface area contributed by atoms with Gasteiger partial charge in [0.2, 0.25) is 17.6 Å². The summed E-state index contributed by atoms with van der Waals surface area (Å²) in [5.74, 6) is -2.34. The number of para-hydroxylation sites is 1. The molecule has 2 aliphatic carbocycles. The Labute approximate surface area is 292 Å². The first kappa shape index (κ1) is 32.1. The van der Waals surface area contributed by atoms with Crippen LogP contribution in [0.1, 0.15) is 39.1 Å². The Kier molecular flexibility index (Phi) is 8.55. The summed E-state index contributed by atoms with van der Waals surface area (Å²) < 4.78 is 19.2. The van der Waals surface area contributed by atoms with Crippen molar-refractivity contribution in [1.82, 2.24) is 4.98 Å². The number of esters is 1. The van der Waals surface area contributed by atoms with E-state index < -0.39 is 23.7 Å². The molecule has 2 saturated carbocycles. The number of carbonyl (C=O) groups is 4. The molecular weight excluding hydrogens is 755 g/mol. The maximum atomic E-state index is 13.7. The number of ether oxygens (including phenoxy) is 1. The summed E-state index contributed by atoms with van der Waals surface area (Å²) in [6, 6.07) is 19.1. The maximum absolute atomic E-state index is 13.7. The van der Waals surface area contributed by atoms with E-state index in [0.29, 0.717) is 27.8 Å². The van der Waals surface area contributed by atoms with E-state index in [1.54, 1.807) is 36.4 Å². The monoisotopic (exact) mass is 780 g/mol. The number of halogens is 4. The van der Waals surface area contributed by atoms with Gasteiger partial charge in [0, 0.05) is 38.5 Å². The SMILES string of the molecule is Cc1cccc2c(C(=O)OC(CCCl)C(=O)c3ccc(F)cc3)cc(-c3ccc(N4C(=O)C5C6CC(C(Br)C6Br)C5C4=O)cc3)nc12. The van der Waals surface area contributed by atoms with Gasteiger partial charge < -0.3 is 4.74 Å². The van der Waals surface area contributed by atoms with E-state index in [1.165, 1.54) is 29.2 Å². The minimum atomic E-state index is -1.17. The molecule has 2 amide bonds. The fourth-order valence-electron chi connectivity index (χ4n) is 7.43. The van der Waals surface area contributed by atoms with Gasteiger partial charge in [0.25, 0.3) is 0 Å². The van der Waals surface area contributed by atoms with E-state index in [9.17, 15) is 23.6 Å². The number of alkyl halides is 3. The number of nitrogens with zero attached hydrogens (tertiary/aromatic N) is 2. The molecule has 7 unspecified atom stereocenters. The topological polar surface area (TPSA) is 93.6 Å². The van der Waals surface area contributed by atoms with Gasteiger partial charge in [-0.05, 0) is 73.2 Å². The van der Waals surface area contributed by atoms with Crippen molar-refractivity contribution in [3.8, 4) is 11.3 Å². The molecule has 1 aromatic heterocycles. The van der Waals surface area contributed by atoms with Crippen molar-refractivity contribution in [1.29, 1.82) is 0 Å². The Bertz CT molecular complexity index is 1910. The van der Waals surface area contributed by atoms with Gasteiger partial charge in [-0.25, -0.2) is 14.2 Å². The van der Waals surface area contributed by atoms with Gasteiger partial charge in [-0.15, -0.1) is 11.6 Å². The first-order chi connectivity index (χ1) is 22.6. The fraction of sp³-hybridized carbons (Fsp3) is 0.306. The minimum absolute atomic E-state index is 0.0664. The Morgan fingerprint density at radius 1 is 0.979 bits per heavy atom. The molecule has 2 heterocycles. The predicted octanol–water partition coefficient (Wildman–Crippen LogP) is 7.67. The minimum Gasteiger partial charge on any atom is -0.450 e. The molecule has 2 bridgehead atoms. The van der Waals surface area contributed by atoms with Crippen LogP contribution in [-0.2, 0) is 14.3 Å².